The molecule has 1 rings (SSSR count). The first kappa shape index (κ1) is 14.7. The molecule has 0 N–H and O–H groups in total. The zero-order chi connectivity index (χ0) is 13.2. The summed E-state index contributed by atoms with van der Waals surface area (Å²) < 4.78 is 22.9. The number of sulfone groups is 1. The van der Waals surface area contributed by atoms with Gasteiger partial charge in [0.2, 0.25) is 0 Å². The summed E-state index contributed by atoms with van der Waals surface area (Å²) >= 11 is 3.48. The van der Waals surface area contributed by atoms with Crippen LogP contribution in [0, 0.1) is 13.8 Å². The second kappa shape index (κ2) is 5.53. The van der Waals surface area contributed by atoms with Gasteiger partial charge in [-0.1, -0.05) is 34.1 Å². The van der Waals surface area contributed by atoms with E-state index < -0.39 is 9.84 Å². The summed E-state index contributed by atoms with van der Waals surface area (Å²) in [5.41, 5.74) is 3.68. The molecule has 1 aromatic rings. The molecule has 2 nitrogen and oxygen atoms in total. The van der Waals surface area contributed by atoms with Crippen LogP contribution in [0.25, 0.3) is 0 Å². The van der Waals surface area contributed by atoms with E-state index in [4.69, 9.17) is 0 Å². The molecule has 0 aromatic heterocycles. The normalized spacial score (nSPS) is 15.6. The Morgan fingerprint density at radius 1 is 1.24 bits per heavy atom. The SMILES string of the molecule is Cc1ccc(CC(Br)C(C)S(C)(=O)=O)cc1C. The average Bonchev–Trinajstić information content (AvgIpc) is 2.21. The van der Waals surface area contributed by atoms with Crippen molar-refractivity contribution in [2.45, 2.75) is 37.3 Å². The number of alkyl halides is 1. The van der Waals surface area contributed by atoms with Gasteiger partial charge in [-0.3, -0.25) is 0 Å². The minimum atomic E-state index is -2.99. The molecule has 17 heavy (non-hydrogen) atoms. The van der Waals surface area contributed by atoms with Crippen LogP contribution in [0.3, 0.4) is 0 Å². The zero-order valence-electron chi connectivity index (χ0n) is 10.7. The number of rotatable bonds is 4. The molecule has 0 saturated heterocycles. The molecule has 0 aliphatic heterocycles. The summed E-state index contributed by atoms with van der Waals surface area (Å²) in [6.45, 7) is 5.89. The molecule has 0 amide bonds. The minimum absolute atomic E-state index is 0.0420. The summed E-state index contributed by atoms with van der Waals surface area (Å²) in [6, 6.07) is 6.26. The van der Waals surface area contributed by atoms with Gasteiger partial charge in [0.1, 0.15) is 0 Å². The zero-order valence-corrected chi connectivity index (χ0v) is 13.1. The van der Waals surface area contributed by atoms with E-state index in [1.54, 1.807) is 6.92 Å². The molecule has 2 unspecified atom stereocenters. The molecule has 0 aliphatic rings. The number of hydrogen-bond acceptors (Lipinski definition) is 2. The molecular formula is C13H19BrO2S. The molecule has 0 saturated carbocycles. The van der Waals surface area contributed by atoms with Gasteiger partial charge in [0.25, 0.3) is 0 Å². The van der Waals surface area contributed by atoms with E-state index in [0.29, 0.717) is 0 Å². The topological polar surface area (TPSA) is 34.1 Å². The van der Waals surface area contributed by atoms with E-state index in [1.807, 2.05) is 0 Å². The molecule has 0 radical (unpaired) electrons. The lowest BCUT2D eigenvalue weighted by atomic mass is 10.0. The summed E-state index contributed by atoms with van der Waals surface area (Å²) in [7, 11) is -2.99. The van der Waals surface area contributed by atoms with Crippen molar-refractivity contribution in [2.75, 3.05) is 6.26 Å². The second-order valence-electron chi connectivity index (χ2n) is 4.67. The van der Waals surface area contributed by atoms with Crippen molar-refractivity contribution in [3.8, 4) is 0 Å². The molecular weight excluding hydrogens is 300 g/mol. The minimum Gasteiger partial charge on any atom is -0.229 e. The fraction of sp³-hybridized carbons (Fsp3) is 0.538. The Labute approximate surface area is 112 Å². The van der Waals surface area contributed by atoms with Crippen LogP contribution in [-0.2, 0) is 16.3 Å². The Kier molecular flexibility index (Phi) is 4.78. The van der Waals surface area contributed by atoms with Crippen molar-refractivity contribution >= 4 is 25.8 Å². The predicted octanol–water partition coefficient (Wildman–Crippen LogP) is 3.04. The van der Waals surface area contributed by atoms with Crippen molar-refractivity contribution in [1.29, 1.82) is 0 Å². The maximum atomic E-state index is 11.5. The first-order chi connectivity index (χ1) is 7.71. The first-order valence-corrected chi connectivity index (χ1v) is 8.48. The highest BCUT2D eigenvalue weighted by Gasteiger charge is 2.23. The van der Waals surface area contributed by atoms with Crippen molar-refractivity contribution in [2.24, 2.45) is 0 Å². The van der Waals surface area contributed by atoms with Gasteiger partial charge in [-0.2, -0.15) is 0 Å². The fourth-order valence-corrected chi connectivity index (χ4v) is 3.77. The quantitative estimate of drug-likeness (QED) is 0.800. The van der Waals surface area contributed by atoms with Gasteiger partial charge in [-0.05, 0) is 43.9 Å². The highest BCUT2D eigenvalue weighted by atomic mass is 79.9. The summed E-state index contributed by atoms with van der Waals surface area (Å²) in [6.07, 6.45) is 2.02. The first-order valence-electron chi connectivity index (χ1n) is 5.61. The molecule has 0 aliphatic carbocycles. The molecule has 0 fully saturated rings. The Bertz CT molecular complexity index is 494. The third kappa shape index (κ3) is 4.11. The van der Waals surface area contributed by atoms with Crippen molar-refractivity contribution in [3.05, 3.63) is 34.9 Å². The molecule has 0 bridgehead atoms. The summed E-state index contributed by atoms with van der Waals surface area (Å²) in [5.74, 6) is 0. The monoisotopic (exact) mass is 318 g/mol. The number of benzene rings is 1. The number of halogens is 1. The van der Waals surface area contributed by atoms with Gasteiger partial charge in [-0.25, -0.2) is 8.42 Å². The van der Waals surface area contributed by atoms with Crippen LogP contribution in [0.15, 0.2) is 18.2 Å². The maximum Gasteiger partial charge on any atom is 0.151 e. The van der Waals surface area contributed by atoms with Crippen LogP contribution in [0.4, 0.5) is 0 Å². The van der Waals surface area contributed by atoms with E-state index in [1.165, 1.54) is 22.9 Å². The molecule has 0 heterocycles. The van der Waals surface area contributed by atoms with Crippen LogP contribution >= 0.6 is 15.9 Å². The van der Waals surface area contributed by atoms with Crippen molar-refractivity contribution < 1.29 is 8.42 Å². The standard InChI is InChI=1S/C13H19BrO2S/c1-9-5-6-12(7-10(9)2)8-13(14)11(3)17(4,15)16/h5-7,11,13H,8H2,1-4H3. The second-order valence-corrected chi connectivity index (χ2v) is 8.25. The van der Waals surface area contributed by atoms with Crippen LogP contribution in [0.2, 0.25) is 0 Å². The van der Waals surface area contributed by atoms with Gasteiger partial charge >= 0.3 is 0 Å². The lowest BCUT2D eigenvalue weighted by molar-refractivity contribution is 0.586. The maximum absolute atomic E-state index is 11.5. The predicted molar refractivity (Wildman–Crippen MR) is 76.6 cm³/mol. The molecule has 4 heteroatoms. The van der Waals surface area contributed by atoms with E-state index in [-0.39, 0.29) is 10.1 Å². The van der Waals surface area contributed by atoms with Gasteiger partial charge in [0, 0.05) is 11.1 Å². The highest BCUT2D eigenvalue weighted by molar-refractivity contribution is 9.09. The smallest absolute Gasteiger partial charge is 0.151 e. The van der Waals surface area contributed by atoms with E-state index in [2.05, 4.69) is 48.0 Å². The van der Waals surface area contributed by atoms with E-state index >= 15 is 0 Å². The number of hydrogen-bond donors (Lipinski definition) is 0. The fourth-order valence-electron chi connectivity index (χ4n) is 1.59. The largest absolute Gasteiger partial charge is 0.229 e. The molecule has 1 aromatic carbocycles. The van der Waals surface area contributed by atoms with Gasteiger partial charge < -0.3 is 0 Å². The summed E-state index contributed by atoms with van der Waals surface area (Å²) in [5, 5.41) is -0.371. The van der Waals surface area contributed by atoms with Crippen LogP contribution < -0.4 is 0 Å². The van der Waals surface area contributed by atoms with Gasteiger partial charge in [-0.15, -0.1) is 0 Å². The Hall–Kier alpha value is -0.350. The van der Waals surface area contributed by atoms with Crippen molar-refractivity contribution in [1.82, 2.24) is 0 Å². The molecule has 96 valence electrons. The summed E-state index contributed by atoms with van der Waals surface area (Å²) in [4.78, 5) is -0.0420. The van der Waals surface area contributed by atoms with Gasteiger partial charge in [0.05, 0.1) is 5.25 Å². The Balaban J connectivity index is 2.81. The van der Waals surface area contributed by atoms with Crippen LogP contribution in [0.1, 0.15) is 23.6 Å². The number of aryl methyl sites for hydroxylation is 2. The van der Waals surface area contributed by atoms with E-state index in [0.717, 1.165) is 6.42 Å². The highest BCUT2D eigenvalue weighted by Crippen LogP contribution is 2.20. The Morgan fingerprint density at radius 3 is 2.29 bits per heavy atom. The van der Waals surface area contributed by atoms with Crippen LogP contribution in [0.5, 0.6) is 0 Å². The average molecular weight is 319 g/mol. The third-order valence-corrected chi connectivity index (χ3v) is 6.33. The third-order valence-electron chi connectivity index (χ3n) is 3.19. The molecule has 2 atom stereocenters. The van der Waals surface area contributed by atoms with Crippen LogP contribution in [-0.4, -0.2) is 24.8 Å². The Morgan fingerprint density at radius 2 is 1.82 bits per heavy atom. The lowest BCUT2D eigenvalue weighted by Crippen LogP contribution is -2.27. The lowest BCUT2D eigenvalue weighted by Gasteiger charge is -2.17. The van der Waals surface area contributed by atoms with E-state index in [9.17, 15) is 8.42 Å². The van der Waals surface area contributed by atoms with Gasteiger partial charge in [0.15, 0.2) is 9.84 Å². The molecule has 0 spiro atoms. The van der Waals surface area contributed by atoms with Crippen molar-refractivity contribution in [3.63, 3.8) is 0 Å².